The molecule has 2 aromatic rings. The zero-order valence-corrected chi connectivity index (χ0v) is 10.9. The Labute approximate surface area is 108 Å². The van der Waals surface area contributed by atoms with Crippen molar-refractivity contribution in [3.05, 3.63) is 58.6 Å². The quantitative estimate of drug-likeness (QED) is 0.781. The molecule has 0 aliphatic heterocycles. The highest BCUT2D eigenvalue weighted by atomic mass is 79.9. The van der Waals surface area contributed by atoms with Crippen molar-refractivity contribution in [3.63, 3.8) is 0 Å². The lowest BCUT2D eigenvalue weighted by molar-refractivity contribution is 0.101. The van der Waals surface area contributed by atoms with E-state index in [4.69, 9.17) is 4.74 Å². The van der Waals surface area contributed by atoms with E-state index in [-0.39, 0.29) is 5.78 Å². The van der Waals surface area contributed by atoms with E-state index in [2.05, 4.69) is 15.9 Å². The van der Waals surface area contributed by atoms with Crippen LogP contribution >= 0.6 is 15.9 Å². The molecule has 0 bridgehead atoms. The molecule has 86 valence electrons. The van der Waals surface area contributed by atoms with Crippen LogP contribution in [0.15, 0.2) is 53.0 Å². The van der Waals surface area contributed by atoms with Gasteiger partial charge < -0.3 is 4.74 Å². The number of ketones is 1. The molecule has 0 aliphatic rings. The van der Waals surface area contributed by atoms with Gasteiger partial charge in [0, 0.05) is 5.56 Å². The van der Waals surface area contributed by atoms with Gasteiger partial charge in [-0.05, 0) is 47.1 Å². The summed E-state index contributed by atoms with van der Waals surface area (Å²) in [5, 5.41) is 0. The summed E-state index contributed by atoms with van der Waals surface area (Å²) >= 11 is 3.41. The smallest absolute Gasteiger partial charge is 0.159 e. The molecule has 0 spiro atoms. The van der Waals surface area contributed by atoms with E-state index >= 15 is 0 Å². The van der Waals surface area contributed by atoms with Gasteiger partial charge in [0.2, 0.25) is 0 Å². The van der Waals surface area contributed by atoms with Crippen molar-refractivity contribution < 1.29 is 9.53 Å². The third-order valence-electron chi connectivity index (χ3n) is 2.31. The van der Waals surface area contributed by atoms with Gasteiger partial charge in [0.25, 0.3) is 0 Å². The summed E-state index contributed by atoms with van der Waals surface area (Å²) in [6, 6.07) is 14.7. The summed E-state index contributed by atoms with van der Waals surface area (Å²) in [4.78, 5) is 11.3. The fraction of sp³-hybridized carbons (Fsp3) is 0.0714. The van der Waals surface area contributed by atoms with Crippen LogP contribution in [0.2, 0.25) is 0 Å². The predicted octanol–water partition coefficient (Wildman–Crippen LogP) is 4.44. The van der Waals surface area contributed by atoms with Crippen LogP contribution < -0.4 is 4.74 Å². The van der Waals surface area contributed by atoms with Gasteiger partial charge in [-0.2, -0.15) is 0 Å². The van der Waals surface area contributed by atoms with Gasteiger partial charge in [0.15, 0.2) is 5.78 Å². The van der Waals surface area contributed by atoms with E-state index < -0.39 is 0 Å². The number of halogens is 1. The first-order valence-corrected chi connectivity index (χ1v) is 5.99. The van der Waals surface area contributed by atoms with Gasteiger partial charge in [0.1, 0.15) is 11.5 Å². The van der Waals surface area contributed by atoms with Gasteiger partial charge in [0.05, 0.1) is 4.47 Å². The molecule has 0 radical (unpaired) electrons. The van der Waals surface area contributed by atoms with Crippen molar-refractivity contribution in [2.45, 2.75) is 6.92 Å². The number of Topliss-reactive ketones (excluding diaryl/α,β-unsaturated/α-hetero) is 1. The summed E-state index contributed by atoms with van der Waals surface area (Å²) in [5.74, 6) is 1.42. The Morgan fingerprint density at radius 1 is 1.12 bits per heavy atom. The Bertz CT molecular complexity index is 549. The highest BCUT2D eigenvalue weighted by Crippen LogP contribution is 2.29. The molecule has 2 rings (SSSR count). The van der Waals surface area contributed by atoms with Gasteiger partial charge in [-0.1, -0.05) is 24.3 Å². The minimum atomic E-state index is 0.0302. The maximum atomic E-state index is 11.3. The van der Waals surface area contributed by atoms with Crippen LogP contribution in [0.3, 0.4) is 0 Å². The van der Waals surface area contributed by atoms with Crippen LogP contribution in [-0.2, 0) is 0 Å². The monoisotopic (exact) mass is 290 g/mol. The number of carbonyl (C=O) groups excluding carboxylic acids is 1. The maximum absolute atomic E-state index is 11.3. The molecule has 0 N–H and O–H groups in total. The van der Waals surface area contributed by atoms with Gasteiger partial charge in [-0.15, -0.1) is 0 Å². The molecular formula is C14H11BrO2. The van der Waals surface area contributed by atoms with E-state index in [0.717, 1.165) is 10.2 Å². The lowest BCUT2D eigenvalue weighted by atomic mass is 10.1. The second-order valence-corrected chi connectivity index (χ2v) is 4.47. The topological polar surface area (TPSA) is 26.3 Å². The molecule has 2 nitrogen and oxygen atoms in total. The van der Waals surface area contributed by atoms with Crippen LogP contribution in [0.5, 0.6) is 11.5 Å². The summed E-state index contributed by atoms with van der Waals surface area (Å²) in [6.45, 7) is 1.54. The van der Waals surface area contributed by atoms with Gasteiger partial charge in [-0.25, -0.2) is 0 Å². The normalized spacial score (nSPS) is 10.0. The molecule has 0 saturated heterocycles. The highest BCUT2D eigenvalue weighted by Gasteiger charge is 2.04. The molecule has 0 heterocycles. The average molecular weight is 291 g/mol. The SMILES string of the molecule is CC(=O)c1cccc(Oc2ccccc2Br)c1. The molecule has 17 heavy (non-hydrogen) atoms. The number of carbonyl (C=O) groups is 1. The highest BCUT2D eigenvalue weighted by molar-refractivity contribution is 9.10. The molecule has 0 amide bonds. The van der Waals surface area contributed by atoms with Crippen molar-refractivity contribution in [2.24, 2.45) is 0 Å². The number of hydrogen-bond acceptors (Lipinski definition) is 2. The summed E-state index contributed by atoms with van der Waals surface area (Å²) < 4.78 is 6.58. The third kappa shape index (κ3) is 2.94. The van der Waals surface area contributed by atoms with Crippen molar-refractivity contribution >= 4 is 21.7 Å². The minimum Gasteiger partial charge on any atom is -0.456 e. The third-order valence-corrected chi connectivity index (χ3v) is 2.96. The fourth-order valence-electron chi connectivity index (χ4n) is 1.43. The average Bonchev–Trinajstić information content (AvgIpc) is 2.32. The molecular weight excluding hydrogens is 280 g/mol. The first-order valence-electron chi connectivity index (χ1n) is 5.20. The summed E-state index contributed by atoms with van der Waals surface area (Å²) in [5.41, 5.74) is 0.648. The molecule has 0 atom stereocenters. The molecule has 2 aromatic carbocycles. The fourth-order valence-corrected chi connectivity index (χ4v) is 1.80. The van der Waals surface area contributed by atoms with Crippen LogP contribution in [0, 0.1) is 0 Å². The molecule has 3 heteroatoms. The van der Waals surface area contributed by atoms with Crippen molar-refractivity contribution in [1.82, 2.24) is 0 Å². The zero-order valence-electron chi connectivity index (χ0n) is 9.31. The predicted molar refractivity (Wildman–Crippen MR) is 70.7 cm³/mol. The number of ether oxygens (including phenoxy) is 1. The van der Waals surface area contributed by atoms with E-state index in [1.54, 1.807) is 12.1 Å². The van der Waals surface area contributed by atoms with Crippen LogP contribution in [0.4, 0.5) is 0 Å². The Hall–Kier alpha value is -1.61. The molecule has 0 aliphatic carbocycles. The lowest BCUT2D eigenvalue weighted by Crippen LogP contribution is -1.92. The summed E-state index contributed by atoms with van der Waals surface area (Å²) in [6.07, 6.45) is 0. The molecule has 0 fully saturated rings. The van der Waals surface area contributed by atoms with Crippen LogP contribution in [0.1, 0.15) is 17.3 Å². The Morgan fingerprint density at radius 2 is 1.88 bits per heavy atom. The van der Waals surface area contributed by atoms with Crippen molar-refractivity contribution in [3.8, 4) is 11.5 Å². The van der Waals surface area contributed by atoms with Crippen LogP contribution in [0.25, 0.3) is 0 Å². The Morgan fingerprint density at radius 3 is 2.59 bits per heavy atom. The number of para-hydroxylation sites is 1. The first kappa shape index (κ1) is 11.9. The van der Waals surface area contributed by atoms with E-state index in [0.29, 0.717) is 11.3 Å². The standard InChI is InChI=1S/C14H11BrO2/c1-10(16)11-5-4-6-12(9-11)17-14-8-3-2-7-13(14)15/h2-9H,1H3. The van der Waals surface area contributed by atoms with Crippen molar-refractivity contribution in [1.29, 1.82) is 0 Å². The maximum Gasteiger partial charge on any atom is 0.159 e. The van der Waals surface area contributed by atoms with E-state index in [1.165, 1.54) is 6.92 Å². The minimum absolute atomic E-state index is 0.0302. The first-order chi connectivity index (χ1) is 8.16. The van der Waals surface area contributed by atoms with E-state index in [9.17, 15) is 4.79 Å². The molecule has 0 aromatic heterocycles. The number of rotatable bonds is 3. The second-order valence-electron chi connectivity index (χ2n) is 3.62. The number of hydrogen-bond donors (Lipinski definition) is 0. The molecule has 0 saturated carbocycles. The summed E-state index contributed by atoms with van der Waals surface area (Å²) in [7, 11) is 0. The van der Waals surface area contributed by atoms with Crippen molar-refractivity contribution in [2.75, 3.05) is 0 Å². The van der Waals surface area contributed by atoms with Gasteiger partial charge >= 0.3 is 0 Å². The Balaban J connectivity index is 2.28. The molecule has 0 unspecified atom stereocenters. The van der Waals surface area contributed by atoms with Crippen LogP contribution in [-0.4, -0.2) is 5.78 Å². The Kier molecular flexibility index (Phi) is 3.59. The van der Waals surface area contributed by atoms with E-state index in [1.807, 2.05) is 36.4 Å². The lowest BCUT2D eigenvalue weighted by Gasteiger charge is -2.08. The second kappa shape index (κ2) is 5.15. The van der Waals surface area contributed by atoms with Gasteiger partial charge in [-0.3, -0.25) is 4.79 Å². The zero-order chi connectivity index (χ0) is 12.3. The number of benzene rings is 2. The largest absolute Gasteiger partial charge is 0.456 e.